The minimum Gasteiger partial charge on any atom is -0.457 e. The van der Waals surface area contributed by atoms with Gasteiger partial charge < -0.3 is 10.1 Å². The second-order valence-corrected chi connectivity index (χ2v) is 4.44. The maximum Gasteiger partial charge on any atom is 0.130 e. The van der Waals surface area contributed by atoms with Crippen molar-refractivity contribution in [1.82, 2.24) is 5.32 Å². The van der Waals surface area contributed by atoms with Gasteiger partial charge in [0.2, 0.25) is 0 Å². The molecule has 0 spiro atoms. The van der Waals surface area contributed by atoms with E-state index in [0.29, 0.717) is 11.3 Å². The Morgan fingerprint density at radius 1 is 1.11 bits per heavy atom. The molecule has 0 aliphatic rings. The third-order valence-corrected chi connectivity index (χ3v) is 2.86. The lowest BCUT2D eigenvalue weighted by Crippen LogP contribution is -2.11. The summed E-state index contributed by atoms with van der Waals surface area (Å²) in [6.45, 7) is 5.52. The van der Waals surface area contributed by atoms with E-state index in [0.717, 1.165) is 24.4 Å². The second kappa shape index (κ2) is 6.34. The largest absolute Gasteiger partial charge is 0.457 e. The van der Waals surface area contributed by atoms with Crippen molar-refractivity contribution in [2.75, 3.05) is 6.54 Å². The highest BCUT2D eigenvalue weighted by molar-refractivity contribution is 5.35. The molecule has 0 amide bonds. The normalized spacial score (nSPS) is 10.5. The van der Waals surface area contributed by atoms with Crippen LogP contribution in [0.25, 0.3) is 0 Å². The number of benzene rings is 2. The summed E-state index contributed by atoms with van der Waals surface area (Å²) in [5.74, 6) is 0.990. The summed E-state index contributed by atoms with van der Waals surface area (Å²) in [6, 6.07) is 12.7. The fourth-order valence-electron chi connectivity index (χ4n) is 1.76. The molecule has 0 bridgehead atoms. The van der Waals surface area contributed by atoms with Crippen LogP contribution in [0.4, 0.5) is 4.39 Å². The molecule has 0 radical (unpaired) electrons. The maximum atomic E-state index is 13.4. The minimum absolute atomic E-state index is 0.249. The molecule has 0 fully saturated rings. The molecule has 1 N–H and O–H groups in total. The Morgan fingerprint density at radius 2 is 1.89 bits per heavy atom. The molecular formula is C16H18FNO. The van der Waals surface area contributed by atoms with E-state index in [1.807, 2.05) is 24.3 Å². The molecule has 2 aromatic carbocycles. The SMILES string of the molecule is CCNCc1cccc(Oc2ccc(C)c(F)c2)c1. The maximum absolute atomic E-state index is 13.4. The van der Waals surface area contributed by atoms with Crippen molar-refractivity contribution < 1.29 is 9.13 Å². The molecule has 0 atom stereocenters. The van der Waals surface area contributed by atoms with Crippen LogP contribution in [0.5, 0.6) is 11.5 Å². The first kappa shape index (κ1) is 13.6. The molecule has 0 aromatic heterocycles. The van der Waals surface area contributed by atoms with Gasteiger partial charge in [-0.1, -0.05) is 25.1 Å². The van der Waals surface area contributed by atoms with E-state index in [2.05, 4.69) is 12.2 Å². The van der Waals surface area contributed by atoms with Gasteiger partial charge in [0.15, 0.2) is 0 Å². The van der Waals surface area contributed by atoms with Crippen molar-refractivity contribution in [3.8, 4) is 11.5 Å². The summed E-state index contributed by atoms with van der Waals surface area (Å²) in [7, 11) is 0. The monoisotopic (exact) mass is 259 g/mol. The lowest BCUT2D eigenvalue weighted by Gasteiger charge is -2.08. The minimum atomic E-state index is -0.249. The molecule has 0 unspecified atom stereocenters. The lowest BCUT2D eigenvalue weighted by atomic mass is 10.2. The van der Waals surface area contributed by atoms with Gasteiger partial charge in [-0.3, -0.25) is 0 Å². The van der Waals surface area contributed by atoms with E-state index in [1.165, 1.54) is 6.07 Å². The van der Waals surface area contributed by atoms with E-state index in [4.69, 9.17) is 4.74 Å². The summed E-state index contributed by atoms with van der Waals surface area (Å²) in [6.07, 6.45) is 0. The predicted molar refractivity (Wildman–Crippen MR) is 75.0 cm³/mol. The summed E-state index contributed by atoms with van der Waals surface area (Å²) in [4.78, 5) is 0. The van der Waals surface area contributed by atoms with Crippen molar-refractivity contribution in [3.05, 3.63) is 59.4 Å². The Hall–Kier alpha value is -1.87. The quantitative estimate of drug-likeness (QED) is 0.875. The van der Waals surface area contributed by atoms with E-state index in [-0.39, 0.29) is 5.82 Å². The second-order valence-electron chi connectivity index (χ2n) is 4.44. The average molecular weight is 259 g/mol. The molecule has 2 aromatic rings. The van der Waals surface area contributed by atoms with Crippen LogP contribution in [0.15, 0.2) is 42.5 Å². The van der Waals surface area contributed by atoms with Crippen LogP contribution in [0.1, 0.15) is 18.1 Å². The Balaban J connectivity index is 2.11. The smallest absolute Gasteiger partial charge is 0.130 e. The first-order valence-electron chi connectivity index (χ1n) is 6.42. The fourth-order valence-corrected chi connectivity index (χ4v) is 1.76. The van der Waals surface area contributed by atoms with Gasteiger partial charge in [-0.05, 0) is 42.8 Å². The number of hydrogen-bond donors (Lipinski definition) is 1. The molecule has 0 aliphatic carbocycles. The van der Waals surface area contributed by atoms with Gasteiger partial charge in [0, 0.05) is 12.6 Å². The van der Waals surface area contributed by atoms with Gasteiger partial charge in [-0.25, -0.2) is 4.39 Å². The number of halogens is 1. The van der Waals surface area contributed by atoms with Crippen molar-refractivity contribution in [2.45, 2.75) is 20.4 Å². The third-order valence-electron chi connectivity index (χ3n) is 2.86. The molecule has 19 heavy (non-hydrogen) atoms. The van der Waals surface area contributed by atoms with E-state index >= 15 is 0 Å². The zero-order valence-corrected chi connectivity index (χ0v) is 11.2. The van der Waals surface area contributed by atoms with Crippen molar-refractivity contribution in [3.63, 3.8) is 0 Å². The van der Waals surface area contributed by atoms with Crippen LogP contribution in [0, 0.1) is 12.7 Å². The number of ether oxygens (including phenoxy) is 1. The molecule has 0 saturated heterocycles. The van der Waals surface area contributed by atoms with Crippen LogP contribution in [0.3, 0.4) is 0 Å². The van der Waals surface area contributed by atoms with Crippen molar-refractivity contribution in [1.29, 1.82) is 0 Å². The molecule has 3 heteroatoms. The van der Waals surface area contributed by atoms with Crippen molar-refractivity contribution in [2.24, 2.45) is 0 Å². The number of nitrogens with one attached hydrogen (secondary N) is 1. The molecule has 0 saturated carbocycles. The molecular weight excluding hydrogens is 241 g/mol. The average Bonchev–Trinajstić information content (AvgIpc) is 2.41. The highest BCUT2D eigenvalue weighted by Gasteiger charge is 2.02. The van der Waals surface area contributed by atoms with Gasteiger partial charge >= 0.3 is 0 Å². The first-order chi connectivity index (χ1) is 9.19. The van der Waals surface area contributed by atoms with Crippen LogP contribution in [0.2, 0.25) is 0 Å². The van der Waals surface area contributed by atoms with Gasteiger partial charge in [-0.2, -0.15) is 0 Å². The third kappa shape index (κ3) is 3.80. The number of hydrogen-bond acceptors (Lipinski definition) is 2. The Bertz CT molecular complexity index is 554. The van der Waals surface area contributed by atoms with E-state index < -0.39 is 0 Å². The summed E-state index contributed by atoms with van der Waals surface area (Å²) < 4.78 is 19.1. The van der Waals surface area contributed by atoms with Gasteiger partial charge in [-0.15, -0.1) is 0 Å². The zero-order chi connectivity index (χ0) is 13.7. The molecule has 2 nitrogen and oxygen atoms in total. The highest BCUT2D eigenvalue weighted by atomic mass is 19.1. The Labute approximate surface area is 113 Å². The lowest BCUT2D eigenvalue weighted by molar-refractivity contribution is 0.475. The first-order valence-corrected chi connectivity index (χ1v) is 6.42. The molecule has 100 valence electrons. The molecule has 0 heterocycles. The Morgan fingerprint density at radius 3 is 2.63 bits per heavy atom. The van der Waals surface area contributed by atoms with Crippen LogP contribution >= 0.6 is 0 Å². The highest BCUT2D eigenvalue weighted by Crippen LogP contribution is 2.24. The van der Waals surface area contributed by atoms with E-state index in [1.54, 1.807) is 19.1 Å². The van der Waals surface area contributed by atoms with Crippen LogP contribution < -0.4 is 10.1 Å². The topological polar surface area (TPSA) is 21.3 Å². The molecule has 0 aliphatic heterocycles. The predicted octanol–water partition coefficient (Wildman–Crippen LogP) is 4.04. The van der Waals surface area contributed by atoms with Crippen LogP contribution in [-0.4, -0.2) is 6.54 Å². The van der Waals surface area contributed by atoms with Crippen molar-refractivity contribution >= 4 is 0 Å². The molecule has 2 rings (SSSR count). The van der Waals surface area contributed by atoms with Crippen LogP contribution in [-0.2, 0) is 6.54 Å². The summed E-state index contributed by atoms with van der Waals surface area (Å²) in [5.41, 5.74) is 1.76. The number of rotatable bonds is 5. The van der Waals surface area contributed by atoms with Gasteiger partial charge in [0.05, 0.1) is 0 Å². The fraction of sp³-hybridized carbons (Fsp3) is 0.250. The zero-order valence-electron chi connectivity index (χ0n) is 11.2. The number of aryl methyl sites for hydroxylation is 1. The standard InChI is InChI=1S/C16H18FNO/c1-3-18-11-13-5-4-6-14(9-13)19-15-8-7-12(2)16(17)10-15/h4-10,18H,3,11H2,1-2H3. The summed E-state index contributed by atoms with van der Waals surface area (Å²) in [5, 5.41) is 3.26. The summed E-state index contributed by atoms with van der Waals surface area (Å²) >= 11 is 0. The van der Waals surface area contributed by atoms with Gasteiger partial charge in [0.25, 0.3) is 0 Å². The Kier molecular flexibility index (Phi) is 4.53. The van der Waals surface area contributed by atoms with E-state index in [9.17, 15) is 4.39 Å². The van der Waals surface area contributed by atoms with Gasteiger partial charge in [0.1, 0.15) is 17.3 Å².